The number of hydrogen-bond donors (Lipinski definition) is 3. The zero-order valence-electron chi connectivity index (χ0n) is 20.7. The van der Waals surface area contributed by atoms with E-state index in [0.717, 1.165) is 37.3 Å². The number of alkyl halides is 3. The predicted molar refractivity (Wildman–Crippen MR) is 135 cm³/mol. The largest absolute Gasteiger partial charge is 0.508 e. The molecule has 1 unspecified atom stereocenters. The SMILES string of the molecule is O=C(N[C@@H]1C[C@]2(c3cccc(O)c3)CCCCC2(O)CN1CC1CC1)C(=Cc1ccccc1)C(F)(F)F. The monoisotopic (exact) mass is 514 g/mol. The van der Waals surface area contributed by atoms with E-state index in [1.807, 2.05) is 11.0 Å². The highest BCUT2D eigenvalue weighted by atomic mass is 19.4. The number of piperidine rings is 1. The van der Waals surface area contributed by atoms with E-state index in [1.165, 1.54) is 12.1 Å². The smallest absolute Gasteiger partial charge is 0.421 e. The van der Waals surface area contributed by atoms with Gasteiger partial charge in [0.2, 0.25) is 0 Å². The van der Waals surface area contributed by atoms with Crippen molar-refractivity contribution in [3.05, 3.63) is 71.3 Å². The number of carbonyl (C=O) groups excluding carboxylic acids is 1. The second kappa shape index (κ2) is 9.80. The molecule has 0 bridgehead atoms. The van der Waals surface area contributed by atoms with E-state index in [4.69, 9.17) is 0 Å². The Hall–Kier alpha value is -2.84. The van der Waals surface area contributed by atoms with E-state index < -0.39 is 34.8 Å². The number of phenolic OH excluding ortho intramolecular Hbond substituents is 1. The number of hydrogen-bond acceptors (Lipinski definition) is 4. The summed E-state index contributed by atoms with van der Waals surface area (Å²) >= 11 is 0. The predicted octanol–water partition coefficient (Wildman–Crippen LogP) is 5.14. The molecule has 3 N–H and O–H groups in total. The number of halogens is 3. The number of rotatable bonds is 6. The lowest BCUT2D eigenvalue weighted by Crippen LogP contribution is -2.70. The van der Waals surface area contributed by atoms with E-state index in [1.54, 1.807) is 36.4 Å². The number of fused-ring (bicyclic) bond motifs is 1. The first-order chi connectivity index (χ1) is 17.6. The van der Waals surface area contributed by atoms with E-state index in [9.17, 15) is 28.2 Å². The van der Waals surface area contributed by atoms with Crippen LogP contribution in [0.15, 0.2) is 60.2 Å². The summed E-state index contributed by atoms with van der Waals surface area (Å²) in [4.78, 5) is 15.2. The molecule has 1 heterocycles. The highest BCUT2D eigenvalue weighted by Gasteiger charge is 2.58. The summed E-state index contributed by atoms with van der Waals surface area (Å²) in [5.41, 5.74) is -2.09. The van der Waals surface area contributed by atoms with Crippen LogP contribution in [0, 0.1) is 5.92 Å². The van der Waals surface area contributed by atoms with Crippen molar-refractivity contribution < 1.29 is 28.2 Å². The van der Waals surface area contributed by atoms with Crippen LogP contribution in [0.1, 0.15) is 56.1 Å². The van der Waals surface area contributed by atoms with Crippen LogP contribution in [-0.2, 0) is 10.2 Å². The van der Waals surface area contributed by atoms with Gasteiger partial charge in [0.05, 0.1) is 11.8 Å². The van der Waals surface area contributed by atoms with Crippen molar-refractivity contribution in [1.82, 2.24) is 10.2 Å². The zero-order valence-corrected chi connectivity index (χ0v) is 20.7. The third-order valence-electron chi connectivity index (χ3n) is 8.33. The van der Waals surface area contributed by atoms with Crippen LogP contribution in [0.3, 0.4) is 0 Å². The molecule has 1 saturated heterocycles. The Morgan fingerprint density at radius 3 is 2.49 bits per heavy atom. The van der Waals surface area contributed by atoms with Crippen molar-refractivity contribution in [2.45, 2.75) is 68.3 Å². The molecule has 5 rings (SSSR count). The van der Waals surface area contributed by atoms with Gasteiger partial charge in [-0.1, -0.05) is 55.3 Å². The number of carbonyl (C=O) groups is 1. The number of β-amino-alcohol motifs (C(OH)–C–C–N with tert-alkyl or cyclic N) is 1. The van der Waals surface area contributed by atoms with E-state index >= 15 is 0 Å². The molecule has 2 aromatic rings. The fourth-order valence-corrected chi connectivity index (χ4v) is 6.27. The molecule has 3 fully saturated rings. The second-order valence-electron chi connectivity index (χ2n) is 10.9. The molecule has 3 aliphatic rings. The van der Waals surface area contributed by atoms with Crippen LogP contribution in [-0.4, -0.2) is 52.1 Å². The Bertz CT molecular complexity index is 1160. The molecule has 5 nitrogen and oxygen atoms in total. The third kappa shape index (κ3) is 5.27. The number of amides is 1. The standard InChI is InChI=1S/C29H33F3N2O3/c30-29(31,32)24(15-20-7-2-1-3-8-20)26(36)33-25-17-27(22-9-6-10-23(35)16-22)13-4-5-14-28(27,37)19-34(25)18-21-11-12-21/h1-3,6-10,15-16,21,25,35,37H,4-5,11-14,17-19H2,(H,33,36)/t25-,27-,28?/m0/s1. The molecule has 0 spiro atoms. The minimum absolute atomic E-state index is 0.0750. The van der Waals surface area contributed by atoms with Crippen LogP contribution < -0.4 is 5.32 Å². The van der Waals surface area contributed by atoms with Crippen LogP contribution in [0.4, 0.5) is 13.2 Å². The summed E-state index contributed by atoms with van der Waals surface area (Å²) in [6, 6.07) is 14.8. The van der Waals surface area contributed by atoms with E-state index in [0.29, 0.717) is 30.9 Å². The minimum atomic E-state index is -4.83. The van der Waals surface area contributed by atoms with Gasteiger partial charge in [-0.3, -0.25) is 9.69 Å². The molecule has 2 aliphatic carbocycles. The minimum Gasteiger partial charge on any atom is -0.508 e. The quantitative estimate of drug-likeness (QED) is 0.467. The summed E-state index contributed by atoms with van der Waals surface area (Å²) in [7, 11) is 0. The summed E-state index contributed by atoms with van der Waals surface area (Å²) in [6.07, 6.45) is 0.596. The lowest BCUT2D eigenvalue weighted by molar-refractivity contribution is -0.151. The Kier molecular flexibility index (Phi) is 6.83. The lowest BCUT2D eigenvalue weighted by atomic mass is 9.55. The molecule has 0 radical (unpaired) electrons. The Morgan fingerprint density at radius 2 is 1.81 bits per heavy atom. The fourth-order valence-electron chi connectivity index (χ4n) is 6.27. The summed E-state index contributed by atoms with van der Waals surface area (Å²) in [5.74, 6) is -0.679. The van der Waals surface area contributed by atoms with E-state index in [2.05, 4.69) is 5.32 Å². The molecule has 0 aromatic heterocycles. The average Bonchev–Trinajstić information content (AvgIpc) is 3.67. The summed E-state index contributed by atoms with van der Waals surface area (Å²) in [5, 5.41) is 25.0. The van der Waals surface area contributed by atoms with Crippen molar-refractivity contribution in [2.75, 3.05) is 13.1 Å². The van der Waals surface area contributed by atoms with Crippen molar-refractivity contribution in [2.24, 2.45) is 5.92 Å². The number of aliphatic hydroxyl groups is 1. The Labute approximate surface area is 215 Å². The van der Waals surface area contributed by atoms with Gasteiger partial charge in [-0.05, 0) is 67.4 Å². The second-order valence-corrected chi connectivity index (χ2v) is 10.9. The molecule has 37 heavy (non-hydrogen) atoms. The molecule has 8 heteroatoms. The third-order valence-corrected chi connectivity index (χ3v) is 8.33. The molecule has 1 amide bonds. The molecule has 3 atom stereocenters. The zero-order chi connectivity index (χ0) is 26.3. The van der Waals surface area contributed by atoms with E-state index in [-0.39, 0.29) is 18.7 Å². The summed E-state index contributed by atoms with van der Waals surface area (Å²) < 4.78 is 42.1. The number of aromatic hydroxyl groups is 1. The first-order valence-electron chi connectivity index (χ1n) is 13.0. The maximum absolute atomic E-state index is 14.0. The van der Waals surface area contributed by atoms with Gasteiger partial charge < -0.3 is 15.5 Å². The number of nitrogens with zero attached hydrogens (tertiary/aromatic N) is 1. The van der Waals surface area contributed by atoms with Crippen LogP contribution >= 0.6 is 0 Å². The molecule has 198 valence electrons. The van der Waals surface area contributed by atoms with Crippen molar-refractivity contribution in [3.8, 4) is 5.75 Å². The van der Waals surface area contributed by atoms with Gasteiger partial charge in [0, 0.05) is 18.5 Å². The fraction of sp³-hybridized carbons (Fsp3) is 0.483. The van der Waals surface area contributed by atoms with Gasteiger partial charge in [-0.2, -0.15) is 13.2 Å². The number of likely N-dealkylation sites (tertiary alicyclic amines) is 1. The normalized spacial score (nSPS) is 29.0. The van der Waals surface area contributed by atoms with Crippen molar-refractivity contribution in [1.29, 1.82) is 0 Å². The van der Waals surface area contributed by atoms with Crippen molar-refractivity contribution >= 4 is 12.0 Å². The first-order valence-corrected chi connectivity index (χ1v) is 13.0. The Morgan fingerprint density at radius 1 is 1.08 bits per heavy atom. The average molecular weight is 515 g/mol. The first kappa shape index (κ1) is 25.8. The van der Waals surface area contributed by atoms with Gasteiger partial charge in [-0.15, -0.1) is 0 Å². The van der Waals surface area contributed by atoms with Crippen LogP contribution in [0.5, 0.6) is 5.75 Å². The van der Waals surface area contributed by atoms with Gasteiger partial charge in [0.1, 0.15) is 11.3 Å². The molecule has 2 aromatic carbocycles. The lowest BCUT2D eigenvalue weighted by Gasteiger charge is -2.59. The molecule has 1 aliphatic heterocycles. The number of phenols is 1. The number of benzene rings is 2. The Balaban J connectivity index is 1.50. The van der Waals surface area contributed by atoms with Gasteiger partial charge >= 0.3 is 6.18 Å². The molecule has 2 saturated carbocycles. The summed E-state index contributed by atoms with van der Waals surface area (Å²) in [6.45, 7) is 0.876. The maximum Gasteiger partial charge on any atom is 0.421 e. The number of nitrogens with one attached hydrogen (secondary N) is 1. The molecular formula is C29H33F3N2O3. The van der Waals surface area contributed by atoms with Crippen LogP contribution in [0.2, 0.25) is 0 Å². The highest BCUT2D eigenvalue weighted by Crippen LogP contribution is 2.53. The molecular weight excluding hydrogens is 481 g/mol. The highest BCUT2D eigenvalue weighted by molar-refractivity contribution is 5.99. The van der Waals surface area contributed by atoms with Crippen LogP contribution in [0.25, 0.3) is 6.08 Å². The van der Waals surface area contributed by atoms with Gasteiger partial charge in [0.15, 0.2) is 0 Å². The topological polar surface area (TPSA) is 72.8 Å². The van der Waals surface area contributed by atoms with Gasteiger partial charge in [0.25, 0.3) is 5.91 Å². The van der Waals surface area contributed by atoms with Gasteiger partial charge in [-0.25, -0.2) is 0 Å². The van der Waals surface area contributed by atoms with Crippen molar-refractivity contribution in [3.63, 3.8) is 0 Å². The maximum atomic E-state index is 14.0.